The fourth-order valence-electron chi connectivity index (χ4n) is 1.14. The van der Waals surface area contributed by atoms with Crippen molar-refractivity contribution in [3.05, 3.63) is 29.6 Å². The second kappa shape index (κ2) is 5.34. The average Bonchev–Trinajstić information content (AvgIpc) is 2.19. The maximum Gasteiger partial charge on any atom is 0.340 e. The molecule has 0 saturated carbocycles. The Morgan fingerprint density at radius 1 is 1.64 bits per heavy atom. The van der Waals surface area contributed by atoms with E-state index in [1.807, 2.05) is 7.05 Å². The predicted molar refractivity (Wildman–Crippen MR) is 53.0 cm³/mol. The highest BCUT2D eigenvalue weighted by Crippen LogP contribution is 2.06. The number of nitrogens with one attached hydrogen (secondary N) is 1. The molecule has 0 aliphatic carbocycles. The van der Waals surface area contributed by atoms with Crippen molar-refractivity contribution in [1.29, 1.82) is 0 Å². The van der Waals surface area contributed by atoms with Crippen LogP contribution in [-0.2, 0) is 11.3 Å². The fourth-order valence-corrected chi connectivity index (χ4v) is 1.14. The van der Waals surface area contributed by atoms with E-state index in [9.17, 15) is 4.79 Å². The van der Waals surface area contributed by atoms with Gasteiger partial charge in [-0.1, -0.05) is 0 Å². The van der Waals surface area contributed by atoms with Gasteiger partial charge in [0.2, 0.25) is 0 Å². The number of hydrogen-bond donors (Lipinski definition) is 1. The van der Waals surface area contributed by atoms with Crippen molar-refractivity contribution in [1.82, 2.24) is 10.3 Å². The molecule has 0 spiro atoms. The predicted octanol–water partition coefficient (Wildman–Crippen LogP) is 0.978. The third-order valence-electron chi connectivity index (χ3n) is 1.73. The summed E-state index contributed by atoms with van der Waals surface area (Å²) in [6, 6.07) is 3.45. The third kappa shape index (κ3) is 2.53. The zero-order valence-electron chi connectivity index (χ0n) is 8.41. The standard InChI is InChI=1S/C10H14N2O2/c1-3-14-10(13)8-5-4-6-12-9(8)7-11-2/h4-6,11H,3,7H2,1-2H3. The van der Waals surface area contributed by atoms with Crippen LogP contribution in [0.15, 0.2) is 18.3 Å². The number of aromatic nitrogens is 1. The molecule has 1 rings (SSSR count). The highest BCUT2D eigenvalue weighted by atomic mass is 16.5. The number of hydrogen-bond acceptors (Lipinski definition) is 4. The van der Waals surface area contributed by atoms with Gasteiger partial charge in [-0.3, -0.25) is 4.98 Å². The van der Waals surface area contributed by atoms with Crippen molar-refractivity contribution < 1.29 is 9.53 Å². The van der Waals surface area contributed by atoms with E-state index >= 15 is 0 Å². The van der Waals surface area contributed by atoms with Crippen molar-refractivity contribution in [2.45, 2.75) is 13.5 Å². The van der Waals surface area contributed by atoms with E-state index in [4.69, 9.17) is 4.74 Å². The minimum atomic E-state index is -0.314. The highest BCUT2D eigenvalue weighted by molar-refractivity contribution is 5.90. The van der Waals surface area contributed by atoms with E-state index in [0.29, 0.717) is 24.4 Å². The molecule has 0 amide bonds. The molecule has 4 heteroatoms. The van der Waals surface area contributed by atoms with Crippen LogP contribution in [0.1, 0.15) is 23.0 Å². The quantitative estimate of drug-likeness (QED) is 0.726. The average molecular weight is 194 g/mol. The number of pyridine rings is 1. The smallest absolute Gasteiger partial charge is 0.340 e. The van der Waals surface area contributed by atoms with Gasteiger partial charge in [0.25, 0.3) is 0 Å². The van der Waals surface area contributed by atoms with E-state index < -0.39 is 0 Å². The first-order valence-corrected chi connectivity index (χ1v) is 4.55. The largest absolute Gasteiger partial charge is 0.462 e. The first-order chi connectivity index (χ1) is 6.79. The lowest BCUT2D eigenvalue weighted by molar-refractivity contribution is 0.0524. The van der Waals surface area contributed by atoms with E-state index in [-0.39, 0.29) is 5.97 Å². The van der Waals surface area contributed by atoms with Crippen LogP contribution in [0.25, 0.3) is 0 Å². The Balaban J connectivity index is 2.88. The Labute approximate surface area is 83.3 Å². The number of carbonyl (C=O) groups is 1. The summed E-state index contributed by atoms with van der Waals surface area (Å²) < 4.78 is 4.91. The minimum Gasteiger partial charge on any atom is -0.462 e. The Hall–Kier alpha value is -1.42. The van der Waals surface area contributed by atoms with Crippen molar-refractivity contribution >= 4 is 5.97 Å². The van der Waals surface area contributed by atoms with Gasteiger partial charge >= 0.3 is 5.97 Å². The molecule has 0 aliphatic rings. The molecule has 1 N–H and O–H groups in total. The van der Waals surface area contributed by atoms with Gasteiger partial charge in [0.1, 0.15) is 0 Å². The van der Waals surface area contributed by atoms with Gasteiger partial charge < -0.3 is 10.1 Å². The summed E-state index contributed by atoms with van der Waals surface area (Å²) in [4.78, 5) is 15.6. The monoisotopic (exact) mass is 194 g/mol. The summed E-state index contributed by atoms with van der Waals surface area (Å²) in [5.74, 6) is -0.314. The van der Waals surface area contributed by atoms with Crippen LogP contribution in [0.3, 0.4) is 0 Å². The van der Waals surface area contributed by atoms with Crippen LogP contribution in [0.4, 0.5) is 0 Å². The van der Waals surface area contributed by atoms with Crippen LogP contribution < -0.4 is 5.32 Å². The van der Waals surface area contributed by atoms with Gasteiger partial charge in [-0.05, 0) is 26.1 Å². The number of rotatable bonds is 4. The van der Waals surface area contributed by atoms with Crippen molar-refractivity contribution in [3.8, 4) is 0 Å². The van der Waals surface area contributed by atoms with Crippen LogP contribution >= 0.6 is 0 Å². The molecule has 0 radical (unpaired) electrons. The summed E-state index contributed by atoms with van der Waals surface area (Å²) in [5.41, 5.74) is 1.25. The molecule has 0 unspecified atom stereocenters. The normalized spacial score (nSPS) is 9.86. The maximum absolute atomic E-state index is 11.5. The molecule has 14 heavy (non-hydrogen) atoms. The molecule has 0 bridgehead atoms. The SMILES string of the molecule is CCOC(=O)c1cccnc1CNC. The first-order valence-electron chi connectivity index (χ1n) is 4.55. The second-order valence-electron chi connectivity index (χ2n) is 2.75. The minimum absolute atomic E-state index is 0.314. The topological polar surface area (TPSA) is 51.2 Å². The highest BCUT2D eigenvalue weighted by Gasteiger charge is 2.11. The lowest BCUT2D eigenvalue weighted by Gasteiger charge is -2.06. The van der Waals surface area contributed by atoms with Gasteiger partial charge in [0, 0.05) is 12.7 Å². The van der Waals surface area contributed by atoms with Crippen LogP contribution in [0, 0.1) is 0 Å². The van der Waals surface area contributed by atoms with E-state index in [1.54, 1.807) is 25.3 Å². The summed E-state index contributed by atoms with van der Waals surface area (Å²) in [5, 5.41) is 2.95. The Kier molecular flexibility index (Phi) is 4.07. The molecule has 0 aliphatic heterocycles. The van der Waals surface area contributed by atoms with E-state index in [2.05, 4.69) is 10.3 Å². The molecule has 4 nitrogen and oxygen atoms in total. The Morgan fingerprint density at radius 2 is 2.43 bits per heavy atom. The van der Waals surface area contributed by atoms with Crippen LogP contribution in [0.5, 0.6) is 0 Å². The fraction of sp³-hybridized carbons (Fsp3) is 0.400. The molecular formula is C10H14N2O2. The Bertz CT molecular complexity index is 313. The third-order valence-corrected chi connectivity index (χ3v) is 1.73. The van der Waals surface area contributed by atoms with Gasteiger partial charge in [-0.25, -0.2) is 4.79 Å². The summed E-state index contributed by atoms with van der Waals surface area (Å²) in [6.07, 6.45) is 1.66. The molecule has 1 heterocycles. The summed E-state index contributed by atoms with van der Waals surface area (Å²) >= 11 is 0. The van der Waals surface area contributed by atoms with Crippen molar-refractivity contribution in [3.63, 3.8) is 0 Å². The molecule has 0 aromatic carbocycles. The molecule has 76 valence electrons. The van der Waals surface area contributed by atoms with Gasteiger partial charge in [-0.2, -0.15) is 0 Å². The van der Waals surface area contributed by atoms with Gasteiger partial charge in [0.15, 0.2) is 0 Å². The molecule has 0 saturated heterocycles. The number of nitrogens with zero attached hydrogens (tertiary/aromatic N) is 1. The Morgan fingerprint density at radius 3 is 3.07 bits per heavy atom. The first kappa shape index (κ1) is 10.7. The molecule has 1 aromatic rings. The zero-order valence-corrected chi connectivity index (χ0v) is 8.41. The molecule has 0 fully saturated rings. The number of esters is 1. The maximum atomic E-state index is 11.5. The second-order valence-corrected chi connectivity index (χ2v) is 2.75. The van der Waals surface area contributed by atoms with Crippen LogP contribution in [-0.4, -0.2) is 24.6 Å². The van der Waals surface area contributed by atoms with Crippen molar-refractivity contribution in [2.24, 2.45) is 0 Å². The molecule has 1 aromatic heterocycles. The number of carbonyl (C=O) groups excluding carboxylic acids is 1. The number of ether oxygens (including phenoxy) is 1. The zero-order chi connectivity index (χ0) is 10.4. The van der Waals surface area contributed by atoms with Crippen LogP contribution in [0.2, 0.25) is 0 Å². The van der Waals surface area contributed by atoms with E-state index in [1.165, 1.54) is 0 Å². The lowest BCUT2D eigenvalue weighted by atomic mass is 10.2. The molecular weight excluding hydrogens is 180 g/mol. The van der Waals surface area contributed by atoms with E-state index in [0.717, 1.165) is 0 Å². The summed E-state index contributed by atoms with van der Waals surface area (Å²) in [6.45, 7) is 2.73. The molecule has 0 atom stereocenters. The van der Waals surface area contributed by atoms with Gasteiger partial charge in [-0.15, -0.1) is 0 Å². The van der Waals surface area contributed by atoms with Gasteiger partial charge in [0.05, 0.1) is 17.9 Å². The summed E-state index contributed by atoms with van der Waals surface area (Å²) in [7, 11) is 1.81. The van der Waals surface area contributed by atoms with Crippen molar-refractivity contribution in [2.75, 3.05) is 13.7 Å². The lowest BCUT2D eigenvalue weighted by Crippen LogP contribution is -2.14.